The summed E-state index contributed by atoms with van der Waals surface area (Å²) in [5, 5.41) is 0.495. The molecule has 0 fully saturated rings. The maximum atomic E-state index is 13.5. The van der Waals surface area contributed by atoms with E-state index in [1.807, 2.05) is 87.6 Å². The maximum absolute atomic E-state index is 13.5. The Balaban J connectivity index is 1.85. The lowest BCUT2D eigenvalue weighted by molar-refractivity contribution is 0.0981. The van der Waals surface area contributed by atoms with Crippen LogP contribution < -0.4 is 4.90 Å². The van der Waals surface area contributed by atoms with Crippen LogP contribution in [-0.2, 0) is 0 Å². The number of amides is 1. The fourth-order valence-corrected chi connectivity index (χ4v) is 3.76. The Morgan fingerprint density at radius 2 is 1.69 bits per heavy atom. The number of benzene rings is 2. The summed E-state index contributed by atoms with van der Waals surface area (Å²) >= 11 is 6.64. The van der Waals surface area contributed by atoms with Gasteiger partial charge in [-0.15, -0.1) is 0 Å². The number of para-hydroxylation sites is 1. The second-order valence-electron chi connectivity index (χ2n) is 7.34. The minimum atomic E-state index is -0.103. The van der Waals surface area contributed by atoms with Gasteiger partial charge in [-0.1, -0.05) is 59.6 Å². The summed E-state index contributed by atoms with van der Waals surface area (Å²) in [6.07, 6.45) is 1.83. The standard InChI is InChI=1S/C24H22ClN3O/c1-16(2)28(19-8-5-4-6-9-19)24(29)20-10-7-15-27-22(25)21(26-23(20)27)18-13-11-17(3)12-14-18/h4-16H,1-3H3. The predicted molar refractivity (Wildman–Crippen MR) is 119 cm³/mol. The molecule has 146 valence electrons. The van der Waals surface area contributed by atoms with Crippen LogP contribution >= 0.6 is 11.6 Å². The fourth-order valence-electron chi connectivity index (χ4n) is 3.47. The Labute approximate surface area is 175 Å². The van der Waals surface area contributed by atoms with Crippen LogP contribution in [0.4, 0.5) is 5.69 Å². The molecule has 2 aromatic heterocycles. The van der Waals surface area contributed by atoms with Crippen LogP contribution in [0.25, 0.3) is 16.9 Å². The van der Waals surface area contributed by atoms with Gasteiger partial charge in [-0.25, -0.2) is 4.98 Å². The van der Waals surface area contributed by atoms with E-state index in [9.17, 15) is 4.79 Å². The molecule has 2 aromatic carbocycles. The van der Waals surface area contributed by atoms with Crippen molar-refractivity contribution in [3.63, 3.8) is 0 Å². The molecule has 0 unspecified atom stereocenters. The van der Waals surface area contributed by atoms with E-state index in [4.69, 9.17) is 16.6 Å². The summed E-state index contributed by atoms with van der Waals surface area (Å²) in [5.74, 6) is -0.103. The Kier molecular flexibility index (Phi) is 5.12. The maximum Gasteiger partial charge on any atom is 0.262 e. The van der Waals surface area contributed by atoms with Gasteiger partial charge in [0, 0.05) is 23.5 Å². The van der Waals surface area contributed by atoms with E-state index >= 15 is 0 Å². The fraction of sp³-hybridized carbons (Fsp3) is 0.167. The molecule has 0 N–H and O–H groups in total. The number of aryl methyl sites for hydroxylation is 1. The largest absolute Gasteiger partial charge is 0.306 e. The second-order valence-corrected chi connectivity index (χ2v) is 7.70. The highest BCUT2D eigenvalue weighted by molar-refractivity contribution is 6.32. The number of halogens is 1. The molecule has 0 spiro atoms. The first-order valence-corrected chi connectivity index (χ1v) is 9.97. The molecule has 29 heavy (non-hydrogen) atoms. The summed E-state index contributed by atoms with van der Waals surface area (Å²) < 4.78 is 1.77. The topological polar surface area (TPSA) is 37.6 Å². The third-order valence-electron chi connectivity index (χ3n) is 4.92. The van der Waals surface area contributed by atoms with Crippen molar-refractivity contribution >= 4 is 28.8 Å². The van der Waals surface area contributed by atoms with Crippen LogP contribution in [0.1, 0.15) is 29.8 Å². The molecule has 0 aliphatic heterocycles. The first-order chi connectivity index (χ1) is 14.0. The monoisotopic (exact) mass is 403 g/mol. The summed E-state index contributed by atoms with van der Waals surface area (Å²) in [6, 6.07) is 21.3. The predicted octanol–water partition coefficient (Wildman–Crippen LogP) is 6.02. The number of fused-ring (bicyclic) bond motifs is 1. The Morgan fingerprint density at radius 3 is 2.34 bits per heavy atom. The molecule has 0 aliphatic rings. The minimum absolute atomic E-state index is 0.00726. The zero-order valence-electron chi connectivity index (χ0n) is 16.6. The number of hydrogen-bond acceptors (Lipinski definition) is 2. The lowest BCUT2D eigenvalue weighted by atomic mass is 10.1. The van der Waals surface area contributed by atoms with Crippen LogP contribution in [-0.4, -0.2) is 21.3 Å². The molecule has 4 nitrogen and oxygen atoms in total. The van der Waals surface area contributed by atoms with Crippen molar-refractivity contribution in [3.05, 3.63) is 89.2 Å². The van der Waals surface area contributed by atoms with Crippen molar-refractivity contribution in [2.24, 2.45) is 0 Å². The van der Waals surface area contributed by atoms with Gasteiger partial charge in [0.15, 0.2) is 5.65 Å². The smallest absolute Gasteiger partial charge is 0.262 e. The van der Waals surface area contributed by atoms with Crippen molar-refractivity contribution in [2.45, 2.75) is 26.8 Å². The summed E-state index contributed by atoms with van der Waals surface area (Å²) in [7, 11) is 0. The van der Waals surface area contributed by atoms with Gasteiger partial charge < -0.3 is 4.90 Å². The number of hydrogen-bond donors (Lipinski definition) is 0. The molecule has 5 heteroatoms. The molecule has 0 radical (unpaired) electrons. The van der Waals surface area contributed by atoms with Gasteiger partial charge in [-0.2, -0.15) is 0 Å². The summed E-state index contributed by atoms with van der Waals surface area (Å²) in [5.41, 5.74) is 4.69. The number of rotatable bonds is 4. The van der Waals surface area contributed by atoms with E-state index in [-0.39, 0.29) is 11.9 Å². The number of nitrogens with zero attached hydrogens (tertiary/aromatic N) is 3. The number of carbonyl (C=O) groups is 1. The molecular weight excluding hydrogens is 382 g/mol. The molecule has 0 aliphatic carbocycles. The molecule has 0 saturated carbocycles. The van der Waals surface area contributed by atoms with Crippen LogP contribution in [0.3, 0.4) is 0 Å². The minimum Gasteiger partial charge on any atom is -0.306 e. The molecule has 1 amide bonds. The SMILES string of the molecule is Cc1ccc(-c2nc3c(C(=O)N(c4ccccc4)C(C)C)cccn3c2Cl)cc1. The van der Waals surface area contributed by atoms with Crippen molar-refractivity contribution in [3.8, 4) is 11.3 Å². The summed E-state index contributed by atoms with van der Waals surface area (Å²) in [6.45, 7) is 6.04. The third kappa shape index (κ3) is 3.52. The van der Waals surface area contributed by atoms with E-state index in [0.29, 0.717) is 22.1 Å². The second kappa shape index (κ2) is 7.72. The molecule has 0 saturated heterocycles. The van der Waals surface area contributed by atoms with Crippen molar-refractivity contribution < 1.29 is 4.79 Å². The van der Waals surface area contributed by atoms with E-state index < -0.39 is 0 Å². The van der Waals surface area contributed by atoms with Crippen molar-refractivity contribution in [1.29, 1.82) is 0 Å². The third-order valence-corrected chi connectivity index (χ3v) is 5.28. The number of aromatic nitrogens is 2. The average molecular weight is 404 g/mol. The van der Waals surface area contributed by atoms with Gasteiger partial charge >= 0.3 is 0 Å². The van der Waals surface area contributed by atoms with Gasteiger partial charge in [0.2, 0.25) is 0 Å². The number of imidazole rings is 1. The van der Waals surface area contributed by atoms with Gasteiger partial charge in [0.05, 0.1) is 5.56 Å². The first-order valence-electron chi connectivity index (χ1n) is 9.59. The molecule has 0 atom stereocenters. The highest BCUT2D eigenvalue weighted by Crippen LogP contribution is 2.31. The quantitative estimate of drug-likeness (QED) is 0.418. The van der Waals surface area contributed by atoms with E-state index in [1.54, 1.807) is 15.4 Å². The van der Waals surface area contributed by atoms with Crippen molar-refractivity contribution in [1.82, 2.24) is 9.38 Å². The van der Waals surface area contributed by atoms with Gasteiger partial charge in [-0.3, -0.25) is 9.20 Å². The lowest BCUT2D eigenvalue weighted by Gasteiger charge is -2.27. The normalized spacial score (nSPS) is 11.2. The number of carbonyl (C=O) groups excluding carboxylic acids is 1. The van der Waals surface area contributed by atoms with E-state index in [1.165, 1.54) is 5.56 Å². The first kappa shape index (κ1) is 19.2. The highest BCUT2D eigenvalue weighted by Gasteiger charge is 2.25. The summed E-state index contributed by atoms with van der Waals surface area (Å²) in [4.78, 5) is 20.1. The Bertz CT molecular complexity index is 1160. The molecule has 4 aromatic rings. The number of pyridine rings is 1. The van der Waals surface area contributed by atoms with Gasteiger partial charge in [0.25, 0.3) is 5.91 Å². The highest BCUT2D eigenvalue weighted by atomic mass is 35.5. The van der Waals surface area contributed by atoms with Gasteiger partial charge in [-0.05, 0) is 45.0 Å². The number of anilines is 1. The Hall–Kier alpha value is -3.11. The zero-order chi connectivity index (χ0) is 20.5. The Morgan fingerprint density at radius 1 is 1.00 bits per heavy atom. The molecule has 2 heterocycles. The van der Waals surface area contributed by atoms with E-state index in [0.717, 1.165) is 11.3 Å². The van der Waals surface area contributed by atoms with Crippen molar-refractivity contribution in [2.75, 3.05) is 4.90 Å². The van der Waals surface area contributed by atoms with Crippen LogP contribution in [0, 0.1) is 6.92 Å². The van der Waals surface area contributed by atoms with Crippen LogP contribution in [0.15, 0.2) is 72.9 Å². The van der Waals surface area contributed by atoms with E-state index in [2.05, 4.69) is 0 Å². The van der Waals surface area contributed by atoms with Crippen LogP contribution in [0.2, 0.25) is 5.15 Å². The zero-order valence-corrected chi connectivity index (χ0v) is 17.4. The molecule has 0 bridgehead atoms. The van der Waals surface area contributed by atoms with Gasteiger partial charge in [0.1, 0.15) is 10.8 Å². The van der Waals surface area contributed by atoms with Crippen LogP contribution in [0.5, 0.6) is 0 Å². The lowest BCUT2D eigenvalue weighted by Crippen LogP contribution is -2.37. The average Bonchev–Trinajstić information content (AvgIpc) is 3.06. The molecular formula is C24H22ClN3O. The molecule has 4 rings (SSSR count).